The molecule has 1 aliphatic rings. The second-order valence-corrected chi connectivity index (χ2v) is 4.31. The molecule has 0 saturated heterocycles. The fourth-order valence-electron chi connectivity index (χ4n) is 1.69. The molecule has 1 heterocycles. The van der Waals surface area contributed by atoms with Crippen LogP contribution < -0.4 is 5.32 Å². The molecule has 1 aromatic carbocycles. The van der Waals surface area contributed by atoms with Crippen molar-refractivity contribution < 1.29 is 8.78 Å². The summed E-state index contributed by atoms with van der Waals surface area (Å²) in [4.78, 5) is 8.30. The lowest BCUT2D eigenvalue weighted by Crippen LogP contribution is -2.05. The smallest absolute Gasteiger partial charge is 0.223 e. The molecule has 1 aliphatic carbocycles. The molecule has 0 radical (unpaired) electrons. The summed E-state index contributed by atoms with van der Waals surface area (Å²) in [5.74, 6) is -0.730. The first-order valence-electron chi connectivity index (χ1n) is 5.77. The van der Waals surface area contributed by atoms with Gasteiger partial charge in [-0.25, -0.2) is 18.7 Å². The van der Waals surface area contributed by atoms with Crippen LogP contribution in [0.3, 0.4) is 0 Å². The average Bonchev–Trinajstić information content (AvgIpc) is 3.13. The highest BCUT2D eigenvalue weighted by molar-refractivity contribution is 5.60. The summed E-state index contributed by atoms with van der Waals surface area (Å²) in [7, 11) is 0. The molecule has 0 unspecified atom stereocenters. The number of nitrogens with zero attached hydrogens (tertiary/aromatic N) is 2. The molecular weight excluding hydrogens is 236 g/mol. The topological polar surface area (TPSA) is 37.8 Å². The molecule has 18 heavy (non-hydrogen) atoms. The summed E-state index contributed by atoms with van der Waals surface area (Å²) in [5, 5.41) is 3.14. The van der Waals surface area contributed by atoms with Gasteiger partial charge in [0.15, 0.2) is 0 Å². The van der Waals surface area contributed by atoms with E-state index in [1.54, 1.807) is 12.3 Å². The maximum absolute atomic E-state index is 13.6. The van der Waals surface area contributed by atoms with Crippen LogP contribution in [0.1, 0.15) is 12.8 Å². The summed E-state index contributed by atoms with van der Waals surface area (Å²) >= 11 is 0. The number of hydrogen-bond donors (Lipinski definition) is 1. The molecule has 5 heteroatoms. The minimum Gasteiger partial charge on any atom is -0.351 e. The van der Waals surface area contributed by atoms with Crippen molar-refractivity contribution in [2.45, 2.75) is 18.9 Å². The molecule has 0 bridgehead atoms. The van der Waals surface area contributed by atoms with Crippen molar-refractivity contribution in [3.05, 3.63) is 42.1 Å². The highest BCUT2D eigenvalue weighted by atomic mass is 19.1. The van der Waals surface area contributed by atoms with Gasteiger partial charge in [0.25, 0.3) is 0 Å². The van der Waals surface area contributed by atoms with Crippen LogP contribution in [0, 0.1) is 11.6 Å². The minimum atomic E-state index is -0.619. The molecule has 2 aromatic rings. The molecule has 1 aromatic heterocycles. The van der Waals surface area contributed by atoms with Gasteiger partial charge in [-0.1, -0.05) is 0 Å². The number of halogens is 2. The second kappa shape index (κ2) is 4.33. The predicted molar refractivity (Wildman–Crippen MR) is 64.0 cm³/mol. The molecule has 3 nitrogen and oxygen atoms in total. The second-order valence-electron chi connectivity index (χ2n) is 4.31. The van der Waals surface area contributed by atoms with Crippen LogP contribution in [0.4, 0.5) is 14.7 Å². The van der Waals surface area contributed by atoms with Crippen molar-refractivity contribution in [3.8, 4) is 11.3 Å². The van der Waals surface area contributed by atoms with Crippen molar-refractivity contribution >= 4 is 5.95 Å². The van der Waals surface area contributed by atoms with Gasteiger partial charge in [-0.05, 0) is 31.0 Å². The van der Waals surface area contributed by atoms with Crippen LogP contribution in [0.5, 0.6) is 0 Å². The van der Waals surface area contributed by atoms with Crippen LogP contribution in [0.2, 0.25) is 0 Å². The molecule has 92 valence electrons. The van der Waals surface area contributed by atoms with Crippen LogP contribution >= 0.6 is 0 Å². The lowest BCUT2D eigenvalue weighted by molar-refractivity contribution is 0.585. The van der Waals surface area contributed by atoms with Crippen molar-refractivity contribution in [1.82, 2.24) is 9.97 Å². The quantitative estimate of drug-likeness (QED) is 0.906. The fraction of sp³-hybridized carbons (Fsp3) is 0.231. The van der Waals surface area contributed by atoms with Gasteiger partial charge in [0.1, 0.15) is 11.6 Å². The third-order valence-electron chi connectivity index (χ3n) is 2.77. The average molecular weight is 247 g/mol. The highest BCUT2D eigenvalue weighted by Gasteiger charge is 2.22. The van der Waals surface area contributed by atoms with E-state index in [0.717, 1.165) is 18.9 Å². The molecule has 0 spiro atoms. The first-order valence-corrected chi connectivity index (χ1v) is 5.77. The Morgan fingerprint density at radius 3 is 2.72 bits per heavy atom. The van der Waals surface area contributed by atoms with E-state index in [1.807, 2.05) is 0 Å². The zero-order valence-electron chi connectivity index (χ0n) is 9.53. The van der Waals surface area contributed by atoms with E-state index in [-0.39, 0.29) is 5.56 Å². The van der Waals surface area contributed by atoms with Crippen LogP contribution in [-0.2, 0) is 0 Å². The largest absolute Gasteiger partial charge is 0.351 e. The number of aromatic nitrogens is 2. The molecule has 0 amide bonds. The molecule has 1 N–H and O–H groups in total. The lowest BCUT2D eigenvalue weighted by Gasteiger charge is -2.06. The van der Waals surface area contributed by atoms with E-state index >= 15 is 0 Å². The Kier molecular flexibility index (Phi) is 2.66. The minimum absolute atomic E-state index is 0.276. The standard InChI is InChI=1S/C13H11F2N3/c14-8-1-4-10(11(15)7-8)12-5-6-16-13(18-12)17-9-2-3-9/h1,4-7,9H,2-3H2,(H,16,17,18). The number of hydrogen-bond acceptors (Lipinski definition) is 3. The third kappa shape index (κ3) is 2.30. The molecule has 3 rings (SSSR count). The summed E-state index contributed by atoms with van der Waals surface area (Å²) < 4.78 is 26.5. The molecule has 1 saturated carbocycles. The fourth-order valence-corrected chi connectivity index (χ4v) is 1.69. The SMILES string of the molecule is Fc1ccc(-c2ccnc(NC3CC3)n2)c(F)c1. The summed E-state index contributed by atoms with van der Waals surface area (Å²) in [6.45, 7) is 0. The van der Waals surface area contributed by atoms with Gasteiger partial charge in [-0.2, -0.15) is 0 Å². The van der Waals surface area contributed by atoms with Crippen molar-refractivity contribution in [2.75, 3.05) is 5.32 Å². The Morgan fingerprint density at radius 2 is 2.00 bits per heavy atom. The Balaban J connectivity index is 1.94. The van der Waals surface area contributed by atoms with E-state index in [1.165, 1.54) is 12.1 Å². The summed E-state index contributed by atoms with van der Waals surface area (Å²) in [5.41, 5.74) is 0.725. The number of rotatable bonds is 3. The van der Waals surface area contributed by atoms with Crippen LogP contribution in [-0.4, -0.2) is 16.0 Å². The van der Waals surface area contributed by atoms with Crippen molar-refractivity contribution in [3.63, 3.8) is 0 Å². The predicted octanol–water partition coefficient (Wildman–Crippen LogP) is 3.00. The van der Waals surface area contributed by atoms with Crippen LogP contribution in [0.25, 0.3) is 11.3 Å². The van der Waals surface area contributed by atoms with Crippen molar-refractivity contribution in [1.29, 1.82) is 0 Å². The third-order valence-corrected chi connectivity index (χ3v) is 2.77. The number of nitrogens with one attached hydrogen (secondary N) is 1. The van der Waals surface area contributed by atoms with Crippen LogP contribution in [0.15, 0.2) is 30.5 Å². The van der Waals surface area contributed by atoms with Gasteiger partial charge in [-0.15, -0.1) is 0 Å². The number of anilines is 1. The highest BCUT2D eigenvalue weighted by Crippen LogP contribution is 2.25. The van der Waals surface area contributed by atoms with E-state index in [2.05, 4.69) is 15.3 Å². The Hall–Kier alpha value is -2.04. The molecule has 0 aliphatic heterocycles. The Bertz CT molecular complexity index is 582. The van der Waals surface area contributed by atoms with Crippen molar-refractivity contribution in [2.24, 2.45) is 0 Å². The first-order chi connectivity index (χ1) is 8.72. The van der Waals surface area contributed by atoms with Gasteiger partial charge in [0.05, 0.1) is 5.69 Å². The summed E-state index contributed by atoms with van der Waals surface area (Å²) in [6, 6.07) is 5.49. The Morgan fingerprint density at radius 1 is 1.17 bits per heavy atom. The summed E-state index contributed by atoms with van der Waals surface area (Å²) in [6.07, 6.45) is 3.78. The van der Waals surface area contributed by atoms with E-state index in [9.17, 15) is 8.78 Å². The lowest BCUT2D eigenvalue weighted by atomic mass is 10.1. The Labute approximate surface area is 103 Å². The van der Waals surface area contributed by atoms with Gasteiger partial charge >= 0.3 is 0 Å². The monoisotopic (exact) mass is 247 g/mol. The molecule has 0 atom stereocenters. The zero-order valence-corrected chi connectivity index (χ0v) is 9.53. The van der Waals surface area contributed by atoms with Gasteiger partial charge in [0.2, 0.25) is 5.95 Å². The normalized spacial score (nSPS) is 14.6. The van der Waals surface area contributed by atoms with E-state index < -0.39 is 11.6 Å². The first kappa shape index (κ1) is 11.1. The number of benzene rings is 1. The zero-order chi connectivity index (χ0) is 12.5. The van der Waals surface area contributed by atoms with Gasteiger partial charge < -0.3 is 5.32 Å². The van der Waals surface area contributed by atoms with Gasteiger partial charge in [-0.3, -0.25) is 0 Å². The maximum Gasteiger partial charge on any atom is 0.223 e. The maximum atomic E-state index is 13.6. The van der Waals surface area contributed by atoms with E-state index in [0.29, 0.717) is 17.7 Å². The molecular formula is C13H11F2N3. The molecule has 1 fully saturated rings. The van der Waals surface area contributed by atoms with E-state index in [4.69, 9.17) is 0 Å². The van der Waals surface area contributed by atoms with Gasteiger partial charge in [0, 0.05) is 23.9 Å².